The molecule has 1 aromatic heterocycles. The molecule has 0 saturated carbocycles. The van der Waals surface area contributed by atoms with Gasteiger partial charge in [-0.1, -0.05) is 18.2 Å². The summed E-state index contributed by atoms with van der Waals surface area (Å²) in [4.78, 5) is 22.9. The highest BCUT2D eigenvalue weighted by Gasteiger charge is 2.10. The summed E-state index contributed by atoms with van der Waals surface area (Å²) in [5.41, 5.74) is 0.863. The number of nitrogens with zero attached hydrogens (tertiary/aromatic N) is 1. The third kappa shape index (κ3) is 2.36. The van der Waals surface area contributed by atoms with Crippen molar-refractivity contribution in [1.82, 2.24) is 4.57 Å². The van der Waals surface area contributed by atoms with Crippen LogP contribution in [0.1, 0.15) is 17.6 Å². The first-order valence-corrected chi connectivity index (χ1v) is 5.38. The van der Waals surface area contributed by atoms with Gasteiger partial charge in [0.2, 0.25) is 5.91 Å². The van der Waals surface area contributed by atoms with Crippen molar-refractivity contribution in [2.24, 2.45) is 0 Å². The van der Waals surface area contributed by atoms with Gasteiger partial charge in [0.1, 0.15) is 0 Å². The Morgan fingerprint density at radius 2 is 1.94 bits per heavy atom. The Morgan fingerprint density at radius 1 is 1.18 bits per heavy atom. The summed E-state index contributed by atoms with van der Waals surface area (Å²) in [6.07, 6.45) is 2.00. The first kappa shape index (κ1) is 11.4. The van der Waals surface area contributed by atoms with Gasteiger partial charge in [0.05, 0.1) is 19.0 Å². The van der Waals surface area contributed by atoms with Crippen LogP contribution in [0.4, 0.5) is 0 Å². The Labute approximate surface area is 98.8 Å². The Bertz CT molecular complexity index is 557. The van der Waals surface area contributed by atoms with Gasteiger partial charge in [0.15, 0.2) is 0 Å². The molecule has 0 bridgehead atoms. The predicted octanol–water partition coefficient (Wildman–Crippen LogP) is 2.23. The maximum atomic E-state index is 11.9. The minimum absolute atomic E-state index is 0.100. The lowest BCUT2D eigenvalue weighted by Crippen LogP contribution is -2.12. The summed E-state index contributed by atoms with van der Waals surface area (Å²) in [7, 11) is 1.32. The summed E-state index contributed by atoms with van der Waals surface area (Å²) in [6, 6.07) is 9.51. The molecule has 0 radical (unpaired) electrons. The summed E-state index contributed by atoms with van der Waals surface area (Å²) in [6.45, 7) is 0. The van der Waals surface area contributed by atoms with Gasteiger partial charge in [-0.15, -0.1) is 0 Å². The van der Waals surface area contributed by atoms with Crippen LogP contribution in [0.3, 0.4) is 0 Å². The molecule has 0 saturated heterocycles. The fourth-order valence-electron chi connectivity index (χ4n) is 1.73. The summed E-state index contributed by atoms with van der Waals surface area (Å²) < 4.78 is 6.07. The molecule has 0 aliphatic rings. The van der Waals surface area contributed by atoms with Gasteiger partial charge in [-0.2, -0.15) is 0 Å². The van der Waals surface area contributed by atoms with Gasteiger partial charge >= 0.3 is 5.97 Å². The normalized spacial score (nSPS) is 10.4. The molecule has 0 N–H and O–H groups in total. The number of ether oxygens (including phenoxy) is 1. The molecular formula is C13H13NO3. The van der Waals surface area contributed by atoms with E-state index in [1.165, 1.54) is 7.11 Å². The molecule has 4 heteroatoms. The zero-order valence-electron chi connectivity index (χ0n) is 9.55. The monoisotopic (exact) mass is 231 g/mol. The second-order valence-electron chi connectivity index (χ2n) is 3.71. The molecule has 1 aromatic carbocycles. The van der Waals surface area contributed by atoms with Crippen LogP contribution >= 0.6 is 0 Å². The molecule has 0 amide bonds. The van der Waals surface area contributed by atoms with Gasteiger partial charge in [-0.3, -0.25) is 14.2 Å². The van der Waals surface area contributed by atoms with Crippen LogP contribution in [0.15, 0.2) is 36.5 Å². The van der Waals surface area contributed by atoms with E-state index in [-0.39, 0.29) is 24.7 Å². The Morgan fingerprint density at radius 3 is 2.71 bits per heavy atom. The number of fused-ring (bicyclic) bond motifs is 1. The van der Waals surface area contributed by atoms with E-state index in [1.54, 1.807) is 10.8 Å². The molecule has 0 spiro atoms. The Hall–Kier alpha value is -2.10. The van der Waals surface area contributed by atoms with Crippen LogP contribution in [0.25, 0.3) is 10.9 Å². The van der Waals surface area contributed by atoms with Gasteiger partial charge in [0.25, 0.3) is 0 Å². The number of carbonyl (C=O) groups excluding carboxylic acids is 2. The highest BCUT2D eigenvalue weighted by molar-refractivity contribution is 5.93. The summed E-state index contributed by atoms with van der Waals surface area (Å²) in [5, 5.41) is 1.01. The van der Waals surface area contributed by atoms with Crippen LogP contribution in [-0.2, 0) is 9.53 Å². The fourth-order valence-corrected chi connectivity index (χ4v) is 1.73. The molecule has 0 atom stereocenters. The SMILES string of the molecule is COC(=O)CCC(=O)n1ccc2ccccc21. The first-order chi connectivity index (χ1) is 8.22. The predicted molar refractivity (Wildman–Crippen MR) is 63.8 cm³/mol. The van der Waals surface area contributed by atoms with Crippen LogP contribution in [0.5, 0.6) is 0 Å². The first-order valence-electron chi connectivity index (χ1n) is 5.38. The lowest BCUT2D eigenvalue weighted by Gasteiger charge is -2.03. The van der Waals surface area contributed by atoms with Crippen LogP contribution in [0.2, 0.25) is 0 Å². The van der Waals surface area contributed by atoms with Crippen LogP contribution < -0.4 is 0 Å². The fraction of sp³-hybridized carbons (Fsp3) is 0.231. The molecular weight excluding hydrogens is 218 g/mol. The number of rotatable bonds is 3. The second-order valence-corrected chi connectivity index (χ2v) is 3.71. The van der Waals surface area contributed by atoms with E-state index < -0.39 is 0 Å². The van der Waals surface area contributed by atoms with E-state index in [0.29, 0.717) is 0 Å². The highest BCUT2D eigenvalue weighted by Crippen LogP contribution is 2.15. The molecule has 2 rings (SSSR count). The van der Waals surface area contributed by atoms with Crippen LogP contribution in [-0.4, -0.2) is 23.6 Å². The van der Waals surface area contributed by atoms with Gasteiger partial charge < -0.3 is 4.74 Å². The van der Waals surface area contributed by atoms with Crippen molar-refractivity contribution < 1.29 is 14.3 Å². The van der Waals surface area contributed by atoms with E-state index in [4.69, 9.17) is 0 Å². The molecule has 0 aliphatic heterocycles. The number of carbonyl (C=O) groups is 2. The van der Waals surface area contributed by atoms with E-state index in [2.05, 4.69) is 4.74 Å². The zero-order valence-corrected chi connectivity index (χ0v) is 9.55. The van der Waals surface area contributed by atoms with Crippen molar-refractivity contribution in [3.63, 3.8) is 0 Å². The topological polar surface area (TPSA) is 48.3 Å². The molecule has 1 heterocycles. The maximum absolute atomic E-state index is 11.9. The van der Waals surface area contributed by atoms with Crippen molar-refractivity contribution in [3.8, 4) is 0 Å². The van der Waals surface area contributed by atoms with Crippen molar-refractivity contribution in [2.75, 3.05) is 7.11 Å². The van der Waals surface area contributed by atoms with Gasteiger partial charge in [-0.05, 0) is 12.1 Å². The number of esters is 1. The zero-order chi connectivity index (χ0) is 12.3. The van der Waals surface area contributed by atoms with E-state index in [0.717, 1.165) is 10.9 Å². The number of hydrogen-bond donors (Lipinski definition) is 0. The average molecular weight is 231 g/mol. The Balaban J connectivity index is 2.17. The number of aromatic nitrogens is 1. The third-order valence-electron chi connectivity index (χ3n) is 2.64. The molecule has 0 unspecified atom stereocenters. The number of para-hydroxylation sites is 1. The lowest BCUT2D eigenvalue weighted by molar-refractivity contribution is -0.140. The molecule has 88 valence electrons. The molecule has 0 aliphatic carbocycles. The van der Waals surface area contributed by atoms with E-state index in [1.807, 2.05) is 30.3 Å². The van der Waals surface area contributed by atoms with Crippen molar-refractivity contribution in [2.45, 2.75) is 12.8 Å². The number of benzene rings is 1. The minimum Gasteiger partial charge on any atom is -0.469 e. The van der Waals surface area contributed by atoms with Gasteiger partial charge in [-0.25, -0.2) is 0 Å². The minimum atomic E-state index is -0.366. The highest BCUT2D eigenvalue weighted by atomic mass is 16.5. The molecule has 17 heavy (non-hydrogen) atoms. The third-order valence-corrected chi connectivity index (χ3v) is 2.64. The summed E-state index contributed by atoms with van der Waals surface area (Å²) in [5.74, 6) is -0.466. The largest absolute Gasteiger partial charge is 0.469 e. The number of methoxy groups -OCH3 is 1. The molecule has 4 nitrogen and oxygen atoms in total. The summed E-state index contributed by atoms with van der Waals surface area (Å²) >= 11 is 0. The Kier molecular flexibility index (Phi) is 3.23. The molecule has 2 aromatic rings. The lowest BCUT2D eigenvalue weighted by atomic mass is 10.2. The second kappa shape index (κ2) is 4.82. The number of hydrogen-bond acceptors (Lipinski definition) is 3. The van der Waals surface area contributed by atoms with Gasteiger partial charge in [0, 0.05) is 18.0 Å². The van der Waals surface area contributed by atoms with E-state index >= 15 is 0 Å². The van der Waals surface area contributed by atoms with Crippen molar-refractivity contribution in [3.05, 3.63) is 36.5 Å². The van der Waals surface area contributed by atoms with Crippen molar-refractivity contribution in [1.29, 1.82) is 0 Å². The molecule has 0 fully saturated rings. The standard InChI is InChI=1S/C13H13NO3/c1-17-13(16)7-6-12(15)14-9-8-10-4-2-3-5-11(10)14/h2-5,8-9H,6-7H2,1H3. The quantitative estimate of drug-likeness (QED) is 0.761. The smallest absolute Gasteiger partial charge is 0.306 e. The van der Waals surface area contributed by atoms with Crippen molar-refractivity contribution >= 4 is 22.8 Å². The van der Waals surface area contributed by atoms with Crippen LogP contribution in [0, 0.1) is 0 Å². The van der Waals surface area contributed by atoms with E-state index in [9.17, 15) is 9.59 Å². The average Bonchev–Trinajstić information content (AvgIpc) is 2.79. The maximum Gasteiger partial charge on any atom is 0.306 e.